The smallest absolute Gasteiger partial charge is 0.407 e. The highest BCUT2D eigenvalue weighted by Crippen LogP contribution is 2.44. The molecule has 1 unspecified atom stereocenters. The summed E-state index contributed by atoms with van der Waals surface area (Å²) >= 11 is 3.34. The normalized spacial score (nSPS) is 13.0. The molecule has 3 N–H and O–H groups in total. The second-order valence-corrected chi connectivity index (χ2v) is 8.79. The maximum absolute atomic E-state index is 12.6. The number of carbonyl (C=O) groups excluding carboxylic acids is 2. The number of alkyl carbamates (subject to hydrolysis) is 1. The quantitative estimate of drug-likeness (QED) is 0.414. The predicted molar refractivity (Wildman–Crippen MR) is 127 cm³/mol. The van der Waals surface area contributed by atoms with Crippen LogP contribution in [0.2, 0.25) is 0 Å². The highest BCUT2D eigenvalue weighted by Gasteiger charge is 2.30. The SMILES string of the molecule is Cn1cc(Br)c(CNC(=O)C(CC(=O)O)NC(=O)OCC2c3ccccc3-c3ccccc32)n1. The lowest BCUT2D eigenvalue weighted by molar-refractivity contribution is -0.139. The fourth-order valence-electron chi connectivity index (χ4n) is 4.09. The summed E-state index contributed by atoms with van der Waals surface area (Å²) in [6, 6.07) is 14.6. The Kier molecular flexibility index (Phi) is 6.97. The average molecular weight is 527 g/mol. The van der Waals surface area contributed by atoms with Crippen molar-refractivity contribution in [3.8, 4) is 11.1 Å². The summed E-state index contributed by atoms with van der Waals surface area (Å²) in [6.45, 7) is 0.130. The van der Waals surface area contributed by atoms with Crippen LogP contribution >= 0.6 is 15.9 Å². The number of aromatic nitrogens is 2. The first-order valence-electron chi connectivity index (χ1n) is 10.6. The molecule has 1 aliphatic rings. The van der Waals surface area contributed by atoms with E-state index in [0.717, 1.165) is 22.3 Å². The molecule has 1 atom stereocenters. The average Bonchev–Trinajstić information content (AvgIpc) is 3.31. The highest BCUT2D eigenvalue weighted by atomic mass is 79.9. The molecular weight excluding hydrogens is 504 g/mol. The van der Waals surface area contributed by atoms with E-state index in [-0.39, 0.29) is 19.1 Å². The van der Waals surface area contributed by atoms with Crippen LogP contribution in [0.1, 0.15) is 29.2 Å². The molecule has 34 heavy (non-hydrogen) atoms. The van der Waals surface area contributed by atoms with Gasteiger partial charge in [0.2, 0.25) is 5.91 Å². The number of amides is 2. The topological polar surface area (TPSA) is 123 Å². The van der Waals surface area contributed by atoms with Crippen LogP contribution in [0.5, 0.6) is 0 Å². The van der Waals surface area contributed by atoms with E-state index in [2.05, 4.69) is 31.7 Å². The van der Waals surface area contributed by atoms with Gasteiger partial charge >= 0.3 is 12.1 Å². The summed E-state index contributed by atoms with van der Waals surface area (Å²) in [6.07, 6.45) is 0.284. The number of hydrogen-bond acceptors (Lipinski definition) is 5. The Morgan fingerprint density at radius 3 is 2.29 bits per heavy atom. The van der Waals surface area contributed by atoms with Crippen molar-refractivity contribution >= 4 is 33.9 Å². The largest absolute Gasteiger partial charge is 0.481 e. The van der Waals surface area contributed by atoms with Crippen LogP contribution in [0.4, 0.5) is 4.79 Å². The first-order valence-corrected chi connectivity index (χ1v) is 11.4. The molecule has 3 aromatic rings. The van der Waals surface area contributed by atoms with E-state index in [4.69, 9.17) is 4.74 Å². The van der Waals surface area contributed by atoms with Gasteiger partial charge in [0.25, 0.3) is 0 Å². The monoisotopic (exact) mass is 526 g/mol. The van der Waals surface area contributed by atoms with E-state index in [9.17, 15) is 19.5 Å². The summed E-state index contributed by atoms with van der Waals surface area (Å²) in [5.41, 5.74) is 4.87. The van der Waals surface area contributed by atoms with Crippen LogP contribution in [0.25, 0.3) is 11.1 Å². The number of aryl methyl sites for hydroxylation is 1. The number of rotatable bonds is 8. The van der Waals surface area contributed by atoms with Crippen LogP contribution in [0.15, 0.2) is 59.2 Å². The van der Waals surface area contributed by atoms with Gasteiger partial charge in [-0.1, -0.05) is 48.5 Å². The minimum Gasteiger partial charge on any atom is -0.481 e. The number of nitrogens with zero attached hydrogens (tertiary/aromatic N) is 2. The number of ether oxygens (including phenoxy) is 1. The molecule has 0 bridgehead atoms. The molecule has 0 aliphatic heterocycles. The van der Waals surface area contributed by atoms with E-state index in [1.165, 1.54) is 0 Å². The van der Waals surface area contributed by atoms with Crippen LogP contribution < -0.4 is 10.6 Å². The van der Waals surface area contributed by atoms with Crippen molar-refractivity contribution in [3.05, 3.63) is 76.0 Å². The Morgan fingerprint density at radius 1 is 1.12 bits per heavy atom. The van der Waals surface area contributed by atoms with Crippen molar-refractivity contribution < 1.29 is 24.2 Å². The van der Waals surface area contributed by atoms with Crippen molar-refractivity contribution in [2.75, 3.05) is 6.61 Å². The van der Waals surface area contributed by atoms with Crippen molar-refractivity contribution in [2.45, 2.75) is 24.9 Å². The van der Waals surface area contributed by atoms with Gasteiger partial charge in [-0.2, -0.15) is 5.10 Å². The number of benzene rings is 2. The molecule has 0 fully saturated rings. The van der Waals surface area contributed by atoms with Gasteiger partial charge in [0.15, 0.2) is 0 Å². The zero-order valence-corrected chi connectivity index (χ0v) is 19.9. The number of nitrogens with one attached hydrogen (secondary N) is 2. The first-order chi connectivity index (χ1) is 16.3. The maximum atomic E-state index is 12.6. The Labute approximate surface area is 204 Å². The van der Waals surface area contributed by atoms with Gasteiger partial charge in [-0.3, -0.25) is 14.3 Å². The molecule has 9 nitrogen and oxygen atoms in total. The third kappa shape index (κ3) is 5.12. The maximum Gasteiger partial charge on any atom is 0.407 e. The zero-order valence-electron chi connectivity index (χ0n) is 18.3. The number of halogens is 1. The van der Waals surface area contributed by atoms with Crippen LogP contribution in [0.3, 0.4) is 0 Å². The standard InChI is InChI=1S/C24H23BrN4O5/c1-29-12-19(25)21(28-29)11-26-23(32)20(10-22(30)31)27-24(33)34-13-18-16-8-4-2-6-14(16)15-7-3-5-9-17(15)18/h2-9,12,18,20H,10-11,13H2,1H3,(H,26,32)(H,27,33)(H,30,31). The molecule has 176 valence electrons. The second-order valence-electron chi connectivity index (χ2n) is 7.94. The molecule has 4 rings (SSSR count). The molecule has 1 aromatic heterocycles. The van der Waals surface area contributed by atoms with Gasteiger partial charge in [0.05, 0.1) is 23.1 Å². The third-order valence-electron chi connectivity index (χ3n) is 5.62. The van der Waals surface area contributed by atoms with Gasteiger partial charge in [-0.05, 0) is 38.2 Å². The van der Waals surface area contributed by atoms with Gasteiger partial charge in [-0.15, -0.1) is 0 Å². The number of aliphatic carboxylic acids is 1. The van der Waals surface area contributed by atoms with E-state index in [1.54, 1.807) is 17.9 Å². The minimum absolute atomic E-state index is 0.0577. The van der Waals surface area contributed by atoms with Gasteiger partial charge < -0.3 is 20.5 Å². The summed E-state index contributed by atoms with van der Waals surface area (Å²) in [4.78, 5) is 36.4. The Bertz CT molecular complexity index is 1200. The Morgan fingerprint density at radius 2 is 1.74 bits per heavy atom. The van der Waals surface area contributed by atoms with E-state index in [1.807, 2.05) is 48.5 Å². The number of carbonyl (C=O) groups is 3. The molecule has 0 saturated heterocycles. The fraction of sp³-hybridized carbons (Fsp3) is 0.250. The van der Waals surface area contributed by atoms with Gasteiger partial charge in [0, 0.05) is 19.2 Å². The van der Waals surface area contributed by atoms with Crippen LogP contribution in [-0.2, 0) is 27.9 Å². The summed E-state index contributed by atoms with van der Waals surface area (Å²) < 4.78 is 7.72. The number of hydrogen-bond donors (Lipinski definition) is 3. The van der Waals surface area contributed by atoms with Crippen LogP contribution in [-0.4, -0.2) is 45.5 Å². The third-order valence-corrected chi connectivity index (χ3v) is 6.28. The minimum atomic E-state index is -1.30. The molecule has 2 amide bonds. The van der Waals surface area contributed by atoms with Gasteiger partial charge in [0.1, 0.15) is 12.6 Å². The molecule has 0 saturated carbocycles. The lowest BCUT2D eigenvalue weighted by Crippen LogP contribution is -2.48. The number of carboxylic acid groups (broad SMARTS) is 1. The molecule has 0 radical (unpaired) electrons. The molecular formula is C24H23BrN4O5. The molecule has 1 aliphatic carbocycles. The molecule has 10 heteroatoms. The zero-order chi connectivity index (χ0) is 24.2. The number of fused-ring (bicyclic) bond motifs is 3. The van der Waals surface area contributed by atoms with Crippen molar-refractivity contribution in [3.63, 3.8) is 0 Å². The molecule has 1 heterocycles. The lowest BCUT2D eigenvalue weighted by atomic mass is 9.98. The van der Waals surface area contributed by atoms with E-state index >= 15 is 0 Å². The van der Waals surface area contributed by atoms with Crippen molar-refractivity contribution in [1.82, 2.24) is 20.4 Å². The first kappa shape index (κ1) is 23.5. The second kappa shape index (κ2) is 10.1. The molecule has 0 spiro atoms. The Balaban J connectivity index is 1.39. The van der Waals surface area contributed by atoms with Crippen molar-refractivity contribution in [2.24, 2.45) is 7.05 Å². The lowest BCUT2D eigenvalue weighted by Gasteiger charge is -2.18. The fourth-order valence-corrected chi connectivity index (χ4v) is 4.60. The number of carboxylic acids is 1. The van der Waals surface area contributed by atoms with Gasteiger partial charge in [-0.25, -0.2) is 4.79 Å². The van der Waals surface area contributed by atoms with Crippen LogP contribution in [0, 0.1) is 0 Å². The predicted octanol–water partition coefficient (Wildman–Crippen LogP) is 3.18. The molecule has 2 aromatic carbocycles. The summed E-state index contributed by atoms with van der Waals surface area (Å²) in [5.74, 6) is -2.02. The highest BCUT2D eigenvalue weighted by molar-refractivity contribution is 9.10. The van der Waals surface area contributed by atoms with E-state index < -0.39 is 30.4 Å². The summed E-state index contributed by atoms with van der Waals surface area (Å²) in [5, 5.41) is 18.4. The van der Waals surface area contributed by atoms with Crippen molar-refractivity contribution in [1.29, 1.82) is 0 Å². The Hall–Kier alpha value is -3.66. The summed E-state index contributed by atoms with van der Waals surface area (Å²) in [7, 11) is 1.74. The van der Waals surface area contributed by atoms with E-state index in [0.29, 0.717) is 10.2 Å².